The zero-order valence-electron chi connectivity index (χ0n) is 16.2. The highest BCUT2D eigenvalue weighted by molar-refractivity contribution is 7.13. The molecule has 1 amide bonds. The normalized spacial score (nSPS) is 10.8. The lowest BCUT2D eigenvalue weighted by Gasteiger charge is -2.11. The molecule has 0 unspecified atom stereocenters. The lowest BCUT2D eigenvalue weighted by Crippen LogP contribution is -2.19. The number of anilines is 1. The van der Waals surface area contributed by atoms with E-state index in [1.54, 1.807) is 24.8 Å². The van der Waals surface area contributed by atoms with Gasteiger partial charge < -0.3 is 15.2 Å². The van der Waals surface area contributed by atoms with E-state index in [-0.39, 0.29) is 12.3 Å². The maximum Gasteiger partial charge on any atom is 0.246 e. The third kappa shape index (κ3) is 6.05. The predicted molar refractivity (Wildman–Crippen MR) is 114 cm³/mol. The Labute approximate surface area is 173 Å². The first-order valence-electron chi connectivity index (χ1n) is 8.91. The van der Waals surface area contributed by atoms with Gasteiger partial charge in [0.25, 0.3) is 0 Å². The van der Waals surface area contributed by atoms with E-state index in [0.717, 1.165) is 11.1 Å². The first kappa shape index (κ1) is 20.3. The van der Waals surface area contributed by atoms with Crippen LogP contribution >= 0.6 is 11.3 Å². The van der Waals surface area contributed by atoms with E-state index in [1.165, 1.54) is 16.9 Å². The number of nitrogens with one attached hydrogen (secondary N) is 1. The number of hydrogen-bond donors (Lipinski definition) is 2. The van der Waals surface area contributed by atoms with Crippen LogP contribution in [-0.2, 0) is 17.8 Å². The van der Waals surface area contributed by atoms with E-state index in [4.69, 9.17) is 15.2 Å². The summed E-state index contributed by atoms with van der Waals surface area (Å²) in [7, 11) is 1.58. The van der Waals surface area contributed by atoms with Gasteiger partial charge in [0.05, 0.1) is 25.4 Å². The summed E-state index contributed by atoms with van der Waals surface area (Å²) < 4.78 is 11.3. The van der Waals surface area contributed by atoms with Crippen LogP contribution in [0.3, 0.4) is 0 Å². The van der Waals surface area contributed by atoms with Crippen LogP contribution in [0.25, 0.3) is 0 Å². The van der Waals surface area contributed by atoms with E-state index in [9.17, 15) is 4.79 Å². The molecule has 2 aromatic carbocycles. The van der Waals surface area contributed by atoms with Crippen LogP contribution in [0.4, 0.5) is 5.13 Å². The summed E-state index contributed by atoms with van der Waals surface area (Å²) in [5.41, 5.74) is 11.7. The Morgan fingerprint density at radius 1 is 1.28 bits per heavy atom. The van der Waals surface area contributed by atoms with Crippen LogP contribution < -0.4 is 20.6 Å². The molecule has 0 atom stereocenters. The largest absolute Gasteiger partial charge is 0.493 e. The third-order valence-electron chi connectivity index (χ3n) is 3.98. The molecular formula is C21H22N4O3S. The van der Waals surface area contributed by atoms with Gasteiger partial charge in [-0.25, -0.2) is 10.4 Å². The van der Waals surface area contributed by atoms with Gasteiger partial charge in [-0.2, -0.15) is 5.10 Å². The van der Waals surface area contributed by atoms with Crippen LogP contribution in [0.1, 0.15) is 22.4 Å². The number of ether oxygens (including phenoxy) is 2. The minimum Gasteiger partial charge on any atom is -0.493 e. The fraction of sp³-hybridized carbons (Fsp3) is 0.190. The molecule has 0 saturated heterocycles. The predicted octanol–water partition coefficient (Wildman–Crippen LogP) is 3.31. The number of carbonyl (C=O) groups excluding carboxylic acids is 1. The van der Waals surface area contributed by atoms with Crippen LogP contribution in [0.15, 0.2) is 52.9 Å². The number of methoxy groups -OCH3 is 1. The van der Waals surface area contributed by atoms with E-state index >= 15 is 0 Å². The standard InChI is InChI=1S/C21H22N4O3S/c1-14-4-3-5-16(8-14)12-28-18-7-6-15(9-19(18)27-2)11-23-25-20(26)10-17-13-29-21(22)24-17/h3-9,11,13H,10,12H2,1-2H3,(H2,22,24)(H,25,26)/b23-11+. The van der Waals surface area contributed by atoms with E-state index < -0.39 is 0 Å². The molecule has 29 heavy (non-hydrogen) atoms. The highest BCUT2D eigenvalue weighted by atomic mass is 32.1. The zero-order chi connectivity index (χ0) is 20.6. The Hall–Kier alpha value is -3.39. The molecule has 3 N–H and O–H groups in total. The van der Waals surface area contributed by atoms with Gasteiger partial charge in [0.2, 0.25) is 5.91 Å². The molecule has 0 aliphatic rings. The van der Waals surface area contributed by atoms with Crippen molar-refractivity contribution < 1.29 is 14.3 Å². The average Bonchev–Trinajstić information content (AvgIpc) is 3.11. The smallest absolute Gasteiger partial charge is 0.246 e. The van der Waals surface area contributed by atoms with Crippen LogP contribution in [-0.4, -0.2) is 24.2 Å². The summed E-state index contributed by atoms with van der Waals surface area (Å²) in [6.45, 7) is 2.49. The van der Waals surface area contributed by atoms with Crippen molar-refractivity contribution in [1.82, 2.24) is 10.4 Å². The van der Waals surface area contributed by atoms with Crippen molar-refractivity contribution in [2.24, 2.45) is 5.10 Å². The highest BCUT2D eigenvalue weighted by Crippen LogP contribution is 2.28. The van der Waals surface area contributed by atoms with Gasteiger partial charge in [0.1, 0.15) is 6.61 Å². The van der Waals surface area contributed by atoms with E-state index in [2.05, 4.69) is 21.6 Å². The number of benzene rings is 2. The van der Waals surface area contributed by atoms with Crippen LogP contribution in [0.2, 0.25) is 0 Å². The molecule has 150 valence electrons. The molecule has 0 aliphatic heterocycles. The van der Waals surface area contributed by atoms with Gasteiger partial charge in [0, 0.05) is 5.38 Å². The fourth-order valence-electron chi connectivity index (χ4n) is 2.63. The quantitative estimate of drug-likeness (QED) is 0.438. The summed E-state index contributed by atoms with van der Waals surface area (Å²) >= 11 is 1.30. The number of nitrogen functional groups attached to an aromatic ring is 1. The summed E-state index contributed by atoms with van der Waals surface area (Å²) in [4.78, 5) is 15.9. The first-order chi connectivity index (χ1) is 14.0. The SMILES string of the molecule is COc1cc(/C=N/NC(=O)Cc2csc(N)n2)ccc1OCc1cccc(C)c1. The molecule has 0 aliphatic carbocycles. The highest BCUT2D eigenvalue weighted by Gasteiger charge is 2.07. The fourth-order valence-corrected chi connectivity index (χ4v) is 3.20. The first-order valence-corrected chi connectivity index (χ1v) is 9.79. The van der Waals surface area contributed by atoms with E-state index in [1.807, 2.05) is 37.3 Å². The molecule has 0 radical (unpaired) electrons. The monoisotopic (exact) mass is 410 g/mol. The number of hydrazone groups is 1. The molecule has 0 bridgehead atoms. The van der Waals surface area contributed by atoms with Gasteiger partial charge in [-0.3, -0.25) is 4.79 Å². The molecule has 1 heterocycles. The maximum absolute atomic E-state index is 11.9. The molecule has 0 saturated carbocycles. The number of amides is 1. The van der Waals surface area contributed by atoms with Gasteiger partial charge in [-0.15, -0.1) is 11.3 Å². The minimum absolute atomic E-state index is 0.125. The molecule has 3 aromatic rings. The average molecular weight is 410 g/mol. The molecule has 7 nitrogen and oxygen atoms in total. The van der Waals surface area contributed by atoms with Crippen molar-refractivity contribution >= 4 is 28.6 Å². The number of nitrogens with zero attached hydrogens (tertiary/aromatic N) is 2. The Morgan fingerprint density at radius 3 is 2.86 bits per heavy atom. The van der Waals surface area contributed by atoms with Gasteiger partial charge in [-0.05, 0) is 36.2 Å². The number of carbonyl (C=O) groups is 1. The van der Waals surface area contributed by atoms with Crippen molar-refractivity contribution in [3.63, 3.8) is 0 Å². The Bertz CT molecular complexity index is 1020. The number of rotatable bonds is 8. The van der Waals surface area contributed by atoms with Crippen LogP contribution in [0, 0.1) is 6.92 Å². The summed E-state index contributed by atoms with van der Waals surface area (Å²) in [6.07, 6.45) is 1.67. The van der Waals surface area contributed by atoms with Crippen molar-refractivity contribution in [1.29, 1.82) is 0 Å². The van der Waals surface area contributed by atoms with Crippen molar-refractivity contribution in [2.45, 2.75) is 20.0 Å². The second-order valence-corrected chi connectivity index (χ2v) is 7.22. The number of aryl methyl sites for hydroxylation is 1. The number of nitrogens with two attached hydrogens (primary N) is 1. The summed E-state index contributed by atoms with van der Waals surface area (Å²) in [6, 6.07) is 13.6. The van der Waals surface area contributed by atoms with Crippen LogP contribution in [0.5, 0.6) is 11.5 Å². The number of aromatic nitrogens is 1. The molecule has 0 spiro atoms. The van der Waals surface area contributed by atoms with Gasteiger partial charge in [-0.1, -0.05) is 29.8 Å². The molecule has 8 heteroatoms. The molecular weight excluding hydrogens is 388 g/mol. The Balaban J connectivity index is 1.57. The zero-order valence-corrected chi connectivity index (χ0v) is 17.0. The summed E-state index contributed by atoms with van der Waals surface area (Å²) in [5.74, 6) is 0.957. The third-order valence-corrected chi connectivity index (χ3v) is 4.70. The van der Waals surface area contributed by atoms with Crippen molar-refractivity contribution in [3.8, 4) is 11.5 Å². The topological polar surface area (TPSA) is 98.8 Å². The Kier molecular flexibility index (Phi) is 6.80. The van der Waals surface area contributed by atoms with Gasteiger partial charge in [0.15, 0.2) is 16.6 Å². The maximum atomic E-state index is 11.9. The number of thiazole rings is 1. The summed E-state index contributed by atoms with van der Waals surface area (Å²) in [5, 5.41) is 6.16. The number of hydrogen-bond acceptors (Lipinski definition) is 7. The Morgan fingerprint density at radius 2 is 2.14 bits per heavy atom. The van der Waals surface area contributed by atoms with Crippen molar-refractivity contribution in [2.75, 3.05) is 12.8 Å². The lowest BCUT2D eigenvalue weighted by molar-refractivity contribution is -0.120. The molecule has 0 fully saturated rings. The second kappa shape index (κ2) is 9.70. The van der Waals surface area contributed by atoms with E-state index in [0.29, 0.717) is 28.9 Å². The molecule has 3 rings (SSSR count). The lowest BCUT2D eigenvalue weighted by atomic mass is 10.1. The second-order valence-electron chi connectivity index (χ2n) is 6.34. The van der Waals surface area contributed by atoms with Gasteiger partial charge >= 0.3 is 0 Å². The minimum atomic E-state index is -0.267. The van der Waals surface area contributed by atoms with Crippen molar-refractivity contribution in [3.05, 3.63) is 70.2 Å². The molecule has 1 aromatic heterocycles.